The molecule has 0 bridgehead atoms. The molecular weight excluding hydrogens is 406 g/mol. The molecule has 0 amide bonds. The minimum atomic E-state index is -0.723. The van der Waals surface area contributed by atoms with Crippen LogP contribution in [0.15, 0.2) is 24.5 Å². The molecule has 32 heavy (non-hydrogen) atoms. The summed E-state index contributed by atoms with van der Waals surface area (Å²) in [5.41, 5.74) is 0.711. The third-order valence-electron chi connectivity index (χ3n) is 7.03. The molecule has 1 aromatic heterocycles. The summed E-state index contributed by atoms with van der Waals surface area (Å²) < 4.78 is 11.7. The van der Waals surface area contributed by atoms with Gasteiger partial charge in [-0.15, -0.1) is 0 Å². The number of pyridine rings is 1. The zero-order valence-corrected chi connectivity index (χ0v) is 19.9. The summed E-state index contributed by atoms with van der Waals surface area (Å²) in [5, 5.41) is 0. The van der Waals surface area contributed by atoms with E-state index >= 15 is 0 Å². The number of rotatable bonds is 4. The molecule has 0 saturated carbocycles. The number of carbonyl (C=O) groups is 2. The van der Waals surface area contributed by atoms with Gasteiger partial charge in [0.1, 0.15) is 17.3 Å². The van der Waals surface area contributed by atoms with E-state index in [0.717, 1.165) is 58.3 Å². The SMILES string of the molecule is COC1CCCN(C)CC2(CCN(CCc3cccnc3)CC2)OC(=O)C(C)C(=O)CC1. The van der Waals surface area contributed by atoms with Crippen molar-refractivity contribution in [2.24, 2.45) is 5.92 Å². The molecule has 2 fully saturated rings. The monoisotopic (exact) mass is 445 g/mol. The molecule has 1 spiro atoms. The molecule has 2 aliphatic heterocycles. The number of ketones is 1. The van der Waals surface area contributed by atoms with E-state index in [4.69, 9.17) is 9.47 Å². The van der Waals surface area contributed by atoms with E-state index in [0.29, 0.717) is 19.4 Å². The van der Waals surface area contributed by atoms with E-state index in [1.807, 2.05) is 12.3 Å². The van der Waals surface area contributed by atoms with E-state index < -0.39 is 11.5 Å². The van der Waals surface area contributed by atoms with Gasteiger partial charge in [-0.2, -0.15) is 0 Å². The van der Waals surface area contributed by atoms with E-state index in [2.05, 4.69) is 27.9 Å². The summed E-state index contributed by atoms with van der Waals surface area (Å²) in [5.74, 6) is -1.15. The first kappa shape index (κ1) is 24.8. The number of aromatic nitrogens is 1. The zero-order chi connectivity index (χ0) is 23.0. The number of likely N-dealkylation sites (N-methyl/N-ethyl adjacent to an activating group) is 1. The number of hydrogen-bond donors (Lipinski definition) is 0. The number of ether oxygens (including phenoxy) is 2. The lowest BCUT2D eigenvalue weighted by Gasteiger charge is -2.43. The number of likely N-dealkylation sites (tertiary alicyclic amines) is 1. The third kappa shape index (κ3) is 7.09. The fourth-order valence-electron chi connectivity index (χ4n) is 4.80. The van der Waals surface area contributed by atoms with Crippen molar-refractivity contribution < 1.29 is 19.1 Å². The Labute approximate surface area is 192 Å². The molecule has 2 aliphatic rings. The van der Waals surface area contributed by atoms with Crippen LogP contribution in [0, 0.1) is 5.92 Å². The average Bonchev–Trinajstić information content (AvgIpc) is 2.80. The molecule has 3 heterocycles. The van der Waals surface area contributed by atoms with Gasteiger partial charge < -0.3 is 19.3 Å². The van der Waals surface area contributed by atoms with Crippen LogP contribution in [0.5, 0.6) is 0 Å². The lowest BCUT2D eigenvalue weighted by Crippen LogP contribution is -2.53. The highest BCUT2D eigenvalue weighted by atomic mass is 16.6. The lowest BCUT2D eigenvalue weighted by atomic mass is 9.89. The largest absolute Gasteiger partial charge is 0.457 e. The van der Waals surface area contributed by atoms with E-state index in [-0.39, 0.29) is 17.9 Å². The second kappa shape index (κ2) is 11.9. The Morgan fingerprint density at radius 2 is 2.00 bits per heavy atom. The quantitative estimate of drug-likeness (QED) is 0.521. The molecule has 7 nitrogen and oxygen atoms in total. The maximum Gasteiger partial charge on any atom is 0.316 e. The van der Waals surface area contributed by atoms with Gasteiger partial charge in [-0.25, -0.2) is 0 Å². The van der Waals surface area contributed by atoms with Crippen molar-refractivity contribution in [3.8, 4) is 0 Å². The molecule has 0 radical (unpaired) electrons. The summed E-state index contributed by atoms with van der Waals surface area (Å²) in [6.45, 7) is 6.05. The fraction of sp³-hybridized carbons (Fsp3) is 0.720. The van der Waals surface area contributed by atoms with Crippen LogP contribution in [0.1, 0.15) is 51.0 Å². The molecular formula is C25H39N3O4. The molecule has 178 valence electrons. The van der Waals surface area contributed by atoms with Crippen LogP contribution in [-0.4, -0.2) is 85.1 Å². The first-order valence-corrected chi connectivity index (χ1v) is 12.0. The smallest absolute Gasteiger partial charge is 0.316 e. The topological polar surface area (TPSA) is 72.0 Å². The zero-order valence-electron chi connectivity index (χ0n) is 19.9. The van der Waals surface area contributed by atoms with Crippen molar-refractivity contribution in [2.75, 3.05) is 46.9 Å². The number of Topliss-reactive ketones (excluding diaryl/α,β-unsaturated/α-hetero) is 1. The highest BCUT2D eigenvalue weighted by Crippen LogP contribution is 2.30. The fourth-order valence-corrected chi connectivity index (χ4v) is 4.80. The summed E-state index contributed by atoms with van der Waals surface area (Å²) >= 11 is 0. The number of carbonyl (C=O) groups excluding carboxylic acids is 2. The lowest BCUT2D eigenvalue weighted by molar-refractivity contribution is -0.173. The van der Waals surface area contributed by atoms with Gasteiger partial charge >= 0.3 is 5.97 Å². The highest BCUT2D eigenvalue weighted by molar-refractivity contribution is 5.98. The first-order valence-electron chi connectivity index (χ1n) is 12.0. The Bertz CT molecular complexity index is 734. The van der Waals surface area contributed by atoms with E-state index in [1.54, 1.807) is 20.2 Å². The number of piperidine rings is 1. The van der Waals surface area contributed by atoms with Crippen LogP contribution in [-0.2, 0) is 25.5 Å². The van der Waals surface area contributed by atoms with Crippen LogP contribution in [0.3, 0.4) is 0 Å². The van der Waals surface area contributed by atoms with Gasteiger partial charge in [0.05, 0.1) is 6.10 Å². The molecule has 3 rings (SSSR count). The van der Waals surface area contributed by atoms with Crippen molar-refractivity contribution in [1.29, 1.82) is 0 Å². The van der Waals surface area contributed by atoms with Crippen molar-refractivity contribution in [2.45, 2.75) is 63.6 Å². The van der Waals surface area contributed by atoms with E-state index in [9.17, 15) is 9.59 Å². The van der Waals surface area contributed by atoms with Gasteiger partial charge in [0.2, 0.25) is 0 Å². The summed E-state index contributed by atoms with van der Waals surface area (Å²) in [7, 11) is 3.80. The highest BCUT2D eigenvalue weighted by Gasteiger charge is 2.41. The van der Waals surface area contributed by atoms with E-state index in [1.165, 1.54) is 5.56 Å². The molecule has 0 aromatic carbocycles. The number of hydrogen-bond acceptors (Lipinski definition) is 7. The molecule has 0 N–H and O–H groups in total. The van der Waals surface area contributed by atoms with Crippen LogP contribution >= 0.6 is 0 Å². The molecule has 2 saturated heterocycles. The molecule has 2 unspecified atom stereocenters. The van der Waals surface area contributed by atoms with Crippen LogP contribution < -0.4 is 0 Å². The Morgan fingerprint density at radius 1 is 1.22 bits per heavy atom. The third-order valence-corrected chi connectivity index (χ3v) is 7.03. The first-order chi connectivity index (χ1) is 15.4. The Hall–Kier alpha value is -1.83. The van der Waals surface area contributed by atoms with Gasteiger partial charge in [0.25, 0.3) is 0 Å². The predicted octanol–water partition coefficient (Wildman–Crippen LogP) is 2.73. The number of methoxy groups -OCH3 is 1. The van der Waals surface area contributed by atoms with Gasteiger partial charge in [-0.3, -0.25) is 14.6 Å². The van der Waals surface area contributed by atoms with Crippen molar-refractivity contribution >= 4 is 11.8 Å². The molecule has 1 aromatic rings. The summed E-state index contributed by atoms with van der Waals surface area (Å²) in [6.07, 6.45) is 9.27. The van der Waals surface area contributed by atoms with Gasteiger partial charge in [-0.05, 0) is 57.8 Å². The number of esters is 1. The standard InChI is InChI=1S/C25H39N3O4/c1-20-23(29)9-8-22(31-3)7-5-14-27(2)19-25(32-24(20)30)11-16-28(17-12-25)15-10-21-6-4-13-26-18-21/h4,6,13,18,20,22H,5,7-12,14-17,19H2,1-3H3. The van der Waals surface area contributed by atoms with Gasteiger partial charge in [0, 0.05) is 64.9 Å². The second-order valence-electron chi connectivity index (χ2n) is 9.52. The van der Waals surface area contributed by atoms with Crippen molar-refractivity contribution in [1.82, 2.24) is 14.8 Å². The number of nitrogens with zero attached hydrogens (tertiary/aromatic N) is 3. The average molecular weight is 446 g/mol. The molecule has 2 atom stereocenters. The van der Waals surface area contributed by atoms with Crippen molar-refractivity contribution in [3.63, 3.8) is 0 Å². The Balaban J connectivity index is 1.64. The minimum absolute atomic E-state index is 0.0475. The second-order valence-corrected chi connectivity index (χ2v) is 9.52. The maximum absolute atomic E-state index is 12.9. The normalized spacial score (nSPS) is 26.7. The van der Waals surface area contributed by atoms with Crippen LogP contribution in [0.25, 0.3) is 0 Å². The maximum atomic E-state index is 12.9. The Kier molecular flexibility index (Phi) is 9.20. The molecule has 0 aliphatic carbocycles. The molecule has 7 heteroatoms. The van der Waals surface area contributed by atoms with Crippen LogP contribution in [0.4, 0.5) is 0 Å². The predicted molar refractivity (Wildman–Crippen MR) is 123 cm³/mol. The summed E-state index contributed by atoms with van der Waals surface area (Å²) in [4.78, 5) is 34.5. The van der Waals surface area contributed by atoms with Gasteiger partial charge in [0.15, 0.2) is 0 Å². The summed E-state index contributed by atoms with van der Waals surface area (Å²) in [6, 6.07) is 4.08. The van der Waals surface area contributed by atoms with Crippen LogP contribution in [0.2, 0.25) is 0 Å². The van der Waals surface area contributed by atoms with Crippen molar-refractivity contribution in [3.05, 3.63) is 30.1 Å². The Morgan fingerprint density at radius 3 is 2.69 bits per heavy atom. The minimum Gasteiger partial charge on any atom is -0.457 e. The van der Waals surface area contributed by atoms with Gasteiger partial charge in [-0.1, -0.05) is 6.07 Å².